The number of benzene rings is 2. The third kappa shape index (κ3) is 11.7. The van der Waals surface area contributed by atoms with Gasteiger partial charge >= 0.3 is 0 Å². The SMILES string of the molecule is CCCCCCCCCCCCCCCCCCSSc1nnc(-c2ccccc2)n1-c1ccccc1. The van der Waals surface area contributed by atoms with Gasteiger partial charge in [0.2, 0.25) is 5.16 Å². The molecule has 3 nitrogen and oxygen atoms in total. The first-order valence-corrected chi connectivity index (χ1v) is 17.1. The van der Waals surface area contributed by atoms with Crippen molar-refractivity contribution in [3.05, 3.63) is 60.7 Å². The minimum absolute atomic E-state index is 0.900. The summed E-state index contributed by atoms with van der Waals surface area (Å²) in [4.78, 5) is 0. The van der Waals surface area contributed by atoms with Crippen molar-refractivity contribution in [1.29, 1.82) is 0 Å². The summed E-state index contributed by atoms with van der Waals surface area (Å²) in [6.07, 6.45) is 22.6. The Hall–Kier alpha value is -1.72. The Morgan fingerprint density at radius 1 is 0.568 bits per heavy atom. The van der Waals surface area contributed by atoms with E-state index in [1.165, 1.54) is 103 Å². The van der Waals surface area contributed by atoms with Crippen molar-refractivity contribution < 1.29 is 0 Å². The topological polar surface area (TPSA) is 30.7 Å². The molecule has 0 amide bonds. The molecule has 0 unspecified atom stereocenters. The molecule has 5 heteroatoms. The molecule has 202 valence electrons. The standard InChI is InChI=1S/C32H47N3S2/c1-2-3-4-5-6-7-8-9-10-11-12-13-14-15-16-23-28-36-37-32-34-33-31(29-24-19-17-20-25-29)35(32)30-26-21-18-22-27-30/h17-22,24-27H,2-16,23,28H2,1H3. The third-order valence-electron chi connectivity index (χ3n) is 6.89. The van der Waals surface area contributed by atoms with Gasteiger partial charge in [-0.2, -0.15) is 0 Å². The monoisotopic (exact) mass is 537 g/mol. The molecule has 1 heterocycles. The number of aromatic nitrogens is 3. The maximum absolute atomic E-state index is 4.54. The van der Waals surface area contributed by atoms with Gasteiger partial charge in [0, 0.05) is 17.0 Å². The Morgan fingerprint density at radius 2 is 1.05 bits per heavy atom. The molecule has 0 fully saturated rings. The molecule has 0 aliphatic carbocycles. The predicted molar refractivity (Wildman–Crippen MR) is 165 cm³/mol. The summed E-state index contributed by atoms with van der Waals surface area (Å²) >= 11 is 0. The van der Waals surface area contributed by atoms with E-state index < -0.39 is 0 Å². The lowest BCUT2D eigenvalue weighted by Crippen LogP contribution is -1.98. The van der Waals surface area contributed by atoms with Gasteiger partial charge in [0.15, 0.2) is 5.82 Å². The summed E-state index contributed by atoms with van der Waals surface area (Å²) in [7, 11) is 3.65. The minimum Gasteiger partial charge on any atom is -0.269 e. The van der Waals surface area contributed by atoms with Crippen LogP contribution in [0.1, 0.15) is 110 Å². The van der Waals surface area contributed by atoms with Gasteiger partial charge in [0.25, 0.3) is 0 Å². The first-order valence-electron chi connectivity index (χ1n) is 14.8. The van der Waals surface area contributed by atoms with Crippen LogP contribution in [0.25, 0.3) is 17.1 Å². The lowest BCUT2D eigenvalue weighted by Gasteiger charge is -2.10. The van der Waals surface area contributed by atoms with Crippen molar-refractivity contribution in [3.63, 3.8) is 0 Å². The lowest BCUT2D eigenvalue weighted by atomic mass is 10.0. The lowest BCUT2D eigenvalue weighted by molar-refractivity contribution is 0.532. The largest absolute Gasteiger partial charge is 0.269 e. The van der Waals surface area contributed by atoms with Crippen LogP contribution in [0.5, 0.6) is 0 Å². The third-order valence-corrected chi connectivity index (χ3v) is 9.18. The Bertz CT molecular complexity index is 943. The van der Waals surface area contributed by atoms with Crippen LogP contribution < -0.4 is 0 Å². The smallest absolute Gasteiger partial charge is 0.206 e. The highest BCUT2D eigenvalue weighted by atomic mass is 33.1. The molecule has 0 aliphatic heterocycles. The molecule has 3 rings (SSSR count). The highest BCUT2D eigenvalue weighted by molar-refractivity contribution is 8.76. The summed E-state index contributed by atoms with van der Waals surface area (Å²) < 4.78 is 2.18. The van der Waals surface area contributed by atoms with E-state index >= 15 is 0 Å². The molecule has 2 aromatic carbocycles. The molecule has 0 aliphatic rings. The summed E-state index contributed by atoms with van der Waals surface area (Å²) in [6, 6.07) is 20.8. The quantitative estimate of drug-likeness (QED) is 0.0998. The molecule has 0 atom stereocenters. The van der Waals surface area contributed by atoms with Gasteiger partial charge in [-0.25, -0.2) is 0 Å². The second kappa shape index (κ2) is 19.4. The van der Waals surface area contributed by atoms with E-state index in [1.54, 1.807) is 10.8 Å². The van der Waals surface area contributed by atoms with Gasteiger partial charge in [0.05, 0.1) is 0 Å². The highest BCUT2D eigenvalue weighted by Crippen LogP contribution is 2.35. The first kappa shape index (κ1) is 29.8. The van der Waals surface area contributed by atoms with E-state index in [9.17, 15) is 0 Å². The molecule has 1 aromatic heterocycles. The normalized spacial score (nSPS) is 11.3. The molecule has 0 radical (unpaired) electrons. The van der Waals surface area contributed by atoms with Crippen LogP contribution in [0.3, 0.4) is 0 Å². The Kier molecular flexibility index (Phi) is 15.6. The number of hydrogen-bond acceptors (Lipinski definition) is 4. The van der Waals surface area contributed by atoms with Gasteiger partial charge in [0.1, 0.15) is 0 Å². The van der Waals surface area contributed by atoms with Crippen LogP contribution in [0.15, 0.2) is 65.8 Å². The Labute approximate surface area is 234 Å². The van der Waals surface area contributed by atoms with Crippen LogP contribution in [-0.2, 0) is 0 Å². The Balaban J connectivity index is 1.24. The Morgan fingerprint density at radius 3 is 1.59 bits per heavy atom. The average Bonchev–Trinajstić information content (AvgIpc) is 3.37. The molecule has 0 saturated carbocycles. The second-order valence-corrected chi connectivity index (χ2v) is 12.4. The van der Waals surface area contributed by atoms with Crippen molar-refractivity contribution in [2.45, 2.75) is 115 Å². The van der Waals surface area contributed by atoms with E-state index in [4.69, 9.17) is 0 Å². The van der Waals surface area contributed by atoms with Gasteiger partial charge < -0.3 is 0 Å². The first-order chi connectivity index (χ1) is 18.4. The second-order valence-electron chi connectivity index (χ2n) is 10.1. The van der Waals surface area contributed by atoms with Gasteiger partial charge in [-0.15, -0.1) is 10.2 Å². The summed E-state index contributed by atoms with van der Waals surface area (Å²) in [6.45, 7) is 2.29. The zero-order valence-corrected chi connectivity index (χ0v) is 24.6. The van der Waals surface area contributed by atoms with Gasteiger partial charge in [-0.3, -0.25) is 4.57 Å². The fourth-order valence-electron chi connectivity index (χ4n) is 4.71. The van der Waals surface area contributed by atoms with Crippen molar-refractivity contribution in [3.8, 4) is 17.1 Å². The fourth-order valence-corrected chi connectivity index (χ4v) is 6.81. The molecule has 0 saturated heterocycles. The van der Waals surface area contributed by atoms with E-state index in [1.807, 2.05) is 16.9 Å². The molecular weight excluding hydrogens is 491 g/mol. The van der Waals surface area contributed by atoms with Gasteiger partial charge in [-0.1, -0.05) is 163 Å². The zero-order valence-electron chi connectivity index (χ0n) is 23.0. The average molecular weight is 538 g/mol. The molecule has 0 N–H and O–H groups in total. The number of rotatable bonds is 21. The molecular formula is C32H47N3S2. The fraction of sp³-hybridized carbons (Fsp3) is 0.562. The summed E-state index contributed by atoms with van der Waals surface area (Å²) in [5, 5.41) is 10.0. The highest BCUT2D eigenvalue weighted by Gasteiger charge is 2.16. The molecule has 0 bridgehead atoms. The van der Waals surface area contributed by atoms with Crippen molar-refractivity contribution >= 4 is 21.6 Å². The molecule has 37 heavy (non-hydrogen) atoms. The number of para-hydroxylation sites is 1. The van der Waals surface area contributed by atoms with Crippen LogP contribution in [0, 0.1) is 0 Å². The number of hydrogen-bond donors (Lipinski definition) is 0. The van der Waals surface area contributed by atoms with Crippen LogP contribution in [-0.4, -0.2) is 20.5 Å². The molecule has 3 aromatic rings. The van der Waals surface area contributed by atoms with E-state index in [2.05, 4.69) is 76.3 Å². The van der Waals surface area contributed by atoms with Gasteiger partial charge in [-0.05, 0) is 29.3 Å². The van der Waals surface area contributed by atoms with Crippen molar-refractivity contribution in [1.82, 2.24) is 14.8 Å². The summed E-state index contributed by atoms with van der Waals surface area (Å²) in [5.74, 6) is 2.06. The number of nitrogens with zero attached hydrogens (tertiary/aromatic N) is 3. The maximum Gasteiger partial charge on any atom is 0.206 e. The van der Waals surface area contributed by atoms with Crippen LogP contribution in [0.4, 0.5) is 0 Å². The van der Waals surface area contributed by atoms with E-state index in [-0.39, 0.29) is 0 Å². The molecule has 0 spiro atoms. The van der Waals surface area contributed by atoms with E-state index in [0.29, 0.717) is 0 Å². The van der Waals surface area contributed by atoms with Crippen LogP contribution >= 0.6 is 21.6 Å². The maximum atomic E-state index is 4.54. The van der Waals surface area contributed by atoms with Crippen LogP contribution in [0.2, 0.25) is 0 Å². The van der Waals surface area contributed by atoms with Crippen molar-refractivity contribution in [2.24, 2.45) is 0 Å². The predicted octanol–water partition coefficient (Wildman–Crippen LogP) is 10.9. The minimum atomic E-state index is 0.900. The zero-order chi connectivity index (χ0) is 25.8. The van der Waals surface area contributed by atoms with Crippen molar-refractivity contribution in [2.75, 3.05) is 5.75 Å². The number of unbranched alkanes of at least 4 members (excludes halogenated alkanes) is 15. The summed E-state index contributed by atoms with van der Waals surface area (Å²) in [5.41, 5.74) is 2.20. The van der Waals surface area contributed by atoms with E-state index in [0.717, 1.165) is 28.0 Å².